The average Bonchev–Trinajstić information content (AvgIpc) is 2.11. The van der Waals surface area contributed by atoms with Crippen LogP contribution in [0.15, 0.2) is 12.1 Å². The lowest BCUT2D eigenvalue weighted by Gasteiger charge is -2.44. The minimum absolute atomic E-state index is 0.188. The van der Waals surface area contributed by atoms with Gasteiger partial charge in [-0.2, -0.15) is 0 Å². The van der Waals surface area contributed by atoms with Gasteiger partial charge in [-0.3, -0.25) is 0 Å². The van der Waals surface area contributed by atoms with E-state index in [1.54, 1.807) is 0 Å². The van der Waals surface area contributed by atoms with Crippen LogP contribution >= 0.6 is 0 Å². The molecule has 0 saturated heterocycles. The summed E-state index contributed by atoms with van der Waals surface area (Å²) in [6, 6.07) is 4.48. The van der Waals surface area contributed by atoms with Gasteiger partial charge in [0.05, 0.1) is 16.9 Å². The highest BCUT2D eigenvalue weighted by Gasteiger charge is 2.30. The van der Waals surface area contributed by atoms with Crippen LogP contribution < -0.4 is 10.2 Å². The van der Waals surface area contributed by atoms with Crippen LogP contribution in [0.2, 0.25) is 0 Å². The van der Waals surface area contributed by atoms with Crippen LogP contribution in [0.4, 0.5) is 11.4 Å². The van der Waals surface area contributed by atoms with Crippen LogP contribution in [0, 0.1) is 13.8 Å². The summed E-state index contributed by atoms with van der Waals surface area (Å²) in [5.41, 5.74) is 5.48. The van der Waals surface area contributed by atoms with E-state index >= 15 is 0 Å². The molecule has 2 nitrogen and oxygen atoms in total. The Morgan fingerprint density at radius 1 is 1.27 bits per heavy atom. The highest BCUT2D eigenvalue weighted by atomic mass is 15.2. The molecule has 1 N–H and O–H groups in total. The summed E-state index contributed by atoms with van der Waals surface area (Å²) in [7, 11) is 2.18. The zero-order valence-corrected chi connectivity index (χ0v) is 10.3. The second kappa shape index (κ2) is 3.16. The third-order valence-electron chi connectivity index (χ3n) is 3.40. The minimum atomic E-state index is 0.188. The van der Waals surface area contributed by atoms with Gasteiger partial charge in [0, 0.05) is 13.6 Å². The van der Waals surface area contributed by atoms with Crippen molar-refractivity contribution in [1.29, 1.82) is 0 Å². The standard InChI is InChI=1S/C13H20N2/c1-9-6-10(2)12-11(7-9)14-8-13(3,4)15(12)5/h6-7,14H,8H2,1-5H3. The van der Waals surface area contributed by atoms with E-state index in [1.807, 2.05) is 0 Å². The van der Waals surface area contributed by atoms with Gasteiger partial charge in [0.2, 0.25) is 0 Å². The van der Waals surface area contributed by atoms with Gasteiger partial charge < -0.3 is 10.2 Å². The Labute approximate surface area is 92.3 Å². The highest BCUT2D eigenvalue weighted by Crippen LogP contribution is 2.38. The fourth-order valence-electron chi connectivity index (χ4n) is 2.27. The number of benzene rings is 1. The van der Waals surface area contributed by atoms with Gasteiger partial charge in [-0.1, -0.05) is 6.07 Å². The van der Waals surface area contributed by atoms with Crippen LogP contribution in [0.3, 0.4) is 0 Å². The second-order valence-corrected chi connectivity index (χ2v) is 5.20. The summed E-state index contributed by atoms with van der Waals surface area (Å²) >= 11 is 0. The van der Waals surface area contributed by atoms with Crippen LogP contribution in [0.25, 0.3) is 0 Å². The zero-order valence-electron chi connectivity index (χ0n) is 10.3. The number of anilines is 2. The van der Waals surface area contributed by atoms with Crippen LogP contribution in [-0.2, 0) is 0 Å². The Kier molecular flexibility index (Phi) is 2.18. The summed E-state index contributed by atoms with van der Waals surface area (Å²) in [5, 5.41) is 3.52. The molecular weight excluding hydrogens is 184 g/mol. The van der Waals surface area contributed by atoms with Crippen molar-refractivity contribution >= 4 is 11.4 Å². The molecule has 1 aromatic rings. The Morgan fingerprint density at radius 3 is 2.60 bits per heavy atom. The lowest BCUT2D eigenvalue weighted by Crippen LogP contribution is -2.50. The quantitative estimate of drug-likeness (QED) is 0.699. The molecule has 0 atom stereocenters. The number of nitrogens with zero attached hydrogens (tertiary/aromatic N) is 1. The monoisotopic (exact) mass is 204 g/mol. The average molecular weight is 204 g/mol. The largest absolute Gasteiger partial charge is 0.381 e. The molecule has 1 aromatic carbocycles. The maximum atomic E-state index is 3.52. The van der Waals surface area contributed by atoms with E-state index in [0.29, 0.717) is 0 Å². The van der Waals surface area contributed by atoms with E-state index in [1.165, 1.54) is 22.5 Å². The van der Waals surface area contributed by atoms with Crippen molar-refractivity contribution < 1.29 is 0 Å². The SMILES string of the molecule is Cc1cc(C)c2c(c1)NCC(C)(C)N2C. The molecule has 2 heteroatoms. The first-order valence-corrected chi connectivity index (χ1v) is 5.51. The van der Waals surface area contributed by atoms with Crippen molar-refractivity contribution in [3.63, 3.8) is 0 Å². The van der Waals surface area contributed by atoms with Gasteiger partial charge in [-0.05, 0) is 44.9 Å². The van der Waals surface area contributed by atoms with Crippen molar-refractivity contribution in [2.45, 2.75) is 33.2 Å². The first kappa shape index (κ1) is 10.3. The number of rotatable bonds is 0. The Morgan fingerprint density at radius 2 is 1.93 bits per heavy atom. The molecule has 2 rings (SSSR count). The van der Waals surface area contributed by atoms with Gasteiger partial charge in [0.15, 0.2) is 0 Å². The van der Waals surface area contributed by atoms with Crippen molar-refractivity contribution in [2.75, 3.05) is 23.8 Å². The molecule has 0 saturated carbocycles. The van der Waals surface area contributed by atoms with Crippen molar-refractivity contribution in [3.05, 3.63) is 23.3 Å². The molecule has 0 radical (unpaired) electrons. The molecule has 0 aliphatic carbocycles. The van der Waals surface area contributed by atoms with Crippen LogP contribution in [0.5, 0.6) is 0 Å². The summed E-state index contributed by atoms with van der Waals surface area (Å²) < 4.78 is 0. The fourth-order valence-corrected chi connectivity index (χ4v) is 2.27. The normalized spacial score (nSPS) is 18.3. The topological polar surface area (TPSA) is 15.3 Å². The van der Waals surface area contributed by atoms with Gasteiger partial charge in [0.25, 0.3) is 0 Å². The molecule has 1 aliphatic heterocycles. The van der Waals surface area contributed by atoms with Gasteiger partial charge >= 0.3 is 0 Å². The number of likely N-dealkylation sites (N-methyl/N-ethyl adjacent to an activating group) is 1. The third kappa shape index (κ3) is 1.58. The zero-order chi connectivity index (χ0) is 11.2. The first-order valence-electron chi connectivity index (χ1n) is 5.51. The highest BCUT2D eigenvalue weighted by molar-refractivity contribution is 5.77. The molecule has 0 unspecified atom stereocenters. The Hall–Kier alpha value is -1.18. The van der Waals surface area contributed by atoms with Crippen molar-refractivity contribution in [3.8, 4) is 0 Å². The van der Waals surface area contributed by atoms with Crippen LogP contribution in [-0.4, -0.2) is 19.1 Å². The van der Waals surface area contributed by atoms with E-state index in [4.69, 9.17) is 0 Å². The van der Waals surface area contributed by atoms with E-state index in [2.05, 4.69) is 57.1 Å². The molecular formula is C13H20N2. The molecule has 0 fully saturated rings. The molecule has 82 valence electrons. The molecule has 0 bridgehead atoms. The molecule has 15 heavy (non-hydrogen) atoms. The van der Waals surface area contributed by atoms with E-state index < -0.39 is 0 Å². The molecule has 0 amide bonds. The summed E-state index contributed by atoms with van der Waals surface area (Å²) in [6.07, 6.45) is 0. The van der Waals surface area contributed by atoms with E-state index in [9.17, 15) is 0 Å². The smallest absolute Gasteiger partial charge is 0.0634 e. The predicted octanol–water partition coefficient (Wildman–Crippen LogP) is 2.94. The number of nitrogens with one attached hydrogen (secondary N) is 1. The number of hydrogen-bond donors (Lipinski definition) is 1. The Bertz CT molecular complexity index is 394. The summed E-state index contributed by atoms with van der Waals surface area (Å²) in [4.78, 5) is 2.38. The lowest BCUT2D eigenvalue weighted by atomic mass is 9.95. The fraction of sp³-hybridized carbons (Fsp3) is 0.538. The van der Waals surface area contributed by atoms with Gasteiger partial charge in [-0.15, -0.1) is 0 Å². The minimum Gasteiger partial charge on any atom is -0.381 e. The lowest BCUT2D eigenvalue weighted by molar-refractivity contribution is 0.502. The van der Waals surface area contributed by atoms with Gasteiger partial charge in [-0.25, -0.2) is 0 Å². The van der Waals surface area contributed by atoms with E-state index in [0.717, 1.165) is 6.54 Å². The first-order chi connectivity index (χ1) is 6.92. The van der Waals surface area contributed by atoms with Gasteiger partial charge in [0.1, 0.15) is 0 Å². The number of hydrogen-bond acceptors (Lipinski definition) is 2. The maximum Gasteiger partial charge on any atom is 0.0634 e. The third-order valence-corrected chi connectivity index (χ3v) is 3.40. The van der Waals surface area contributed by atoms with Crippen molar-refractivity contribution in [2.24, 2.45) is 0 Å². The summed E-state index contributed by atoms with van der Waals surface area (Å²) in [5.74, 6) is 0. The summed E-state index contributed by atoms with van der Waals surface area (Å²) in [6.45, 7) is 9.87. The maximum absolute atomic E-state index is 3.52. The Balaban J connectivity index is 2.57. The number of fused-ring (bicyclic) bond motifs is 1. The van der Waals surface area contributed by atoms with Crippen LogP contribution in [0.1, 0.15) is 25.0 Å². The molecule has 1 aliphatic rings. The molecule has 0 spiro atoms. The predicted molar refractivity (Wildman–Crippen MR) is 66.9 cm³/mol. The molecule has 1 heterocycles. The van der Waals surface area contributed by atoms with E-state index in [-0.39, 0.29) is 5.54 Å². The van der Waals surface area contributed by atoms with Crippen molar-refractivity contribution in [1.82, 2.24) is 0 Å². The number of aryl methyl sites for hydroxylation is 2. The molecule has 0 aromatic heterocycles. The second-order valence-electron chi connectivity index (χ2n) is 5.20.